The molecule has 5 nitrogen and oxygen atoms in total. The Morgan fingerprint density at radius 3 is 3.00 bits per heavy atom. The van der Waals surface area contributed by atoms with Crippen molar-refractivity contribution in [1.29, 1.82) is 0 Å². The van der Waals surface area contributed by atoms with E-state index in [1.165, 1.54) is 5.56 Å². The molecule has 1 aliphatic heterocycles. The Morgan fingerprint density at radius 2 is 2.14 bits per heavy atom. The summed E-state index contributed by atoms with van der Waals surface area (Å²) in [6, 6.07) is 8.06. The third kappa shape index (κ3) is 3.13. The van der Waals surface area contributed by atoms with Gasteiger partial charge in [0.2, 0.25) is 0 Å². The molecule has 2 aromatic rings. The fourth-order valence-corrected chi connectivity index (χ4v) is 2.76. The normalized spacial score (nSPS) is 14.1. The molecular weight excluding hydrogens is 278 g/mol. The Bertz CT molecular complexity index is 664. The summed E-state index contributed by atoms with van der Waals surface area (Å²) in [4.78, 5) is 19.7. The number of para-hydroxylation sites is 1. The zero-order valence-corrected chi connectivity index (χ0v) is 12.8. The maximum Gasteiger partial charge on any atom is 0.271 e. The molecule has 22 heavy (non-hydrogen) atoms. The first kappa shape index (κ1) is 14.6. The highest BCUT2D eigenvalue weighted by molar-refractivity contribution is 5.93. The Balaban J connectivity index is 1.72. The lowest BCUT2D eigenvalue weighted by molar-refractivity contribution is 0.0951. The molecule has 2 N–H and O–H groups in total. The minimum Gasteiger partial charge on any atom is -0.494 e. The average molecular weight is 299 g/mol. The Hall–Kier alpha value is -2.30. The van der Waals surface area contributed by atoms with Crippen LogP contribution in [0.5, 0.6) is 5.75 Å². The first-order valence-corrected chi connectivity index (χ1v) is 7.84. The summed E-state index contributed by atoms with van der Waals surface area (Å²) in [5.74, 6) is 1.73. The number of imidazole rings is 1. The van der Waals surface area contributed by atoms with Crippen molar-refractivity contribution in [2.24, 2.45) is 0 Å². The smallest absolute Gasteiger partial charge is 0.271 e. The molecule has 2 heterocycles. The number of H-pyrrole nitrogens is 1. The van der Waals surface area contributed by atoms with E-state index in [1.54, 1.807) is 0 Å². The van der Waals surface area contributed by atoms with Gasteiger partial charge in [-0.05, 0) is 37.8 Å². The molecule has 1 aromatic carbocycles. The van der Waals surface area contributed by atoms with Gasteiger partial charge in [0.25, 0.3) is 5.91 Å². The number of hydrogen-bond acceptors (Lipinski definition) is 3. The van der Waals surface area contributed by atoms with E-state index >= 15 is 0 Å². The van der Waals surface area contributed by atoms with Crippen molar-refractivity contribution in [3.63, 3.8) is 0 Å². The van der Waals surface area contributed by atoms with Crippen LogP contribution in [0, 0.1) is 0 Å². The van der Waals surface area contributed by atoms with Crippen molar-refractivity contribution in [2.75, 3.05) is 13.2 Å². The molecule has 3 rings (SSSR count). The molecule has 0 unspecified atom stereocenters. The maximum atomic E-state index is 11.9. The lowest BCUT2D eigenvalue weighted by Gasteiger charge is -2.09. The molecule has 1 aliphatic rings. The number of ether oxygens (including phenoxy) is 1. The number of hydrogen-bond donors (Lipinski definition) is 2. The Kier molecular flexibility index (Phi) is 4.42. The van der Waals surface area contributed by atoms with E-state index in [1.807, 2.05) is 25.1 Å². The number of rotatable bonds is 5. The zero-order chi connectivity index (χ0) is 15.4. The number of fused-ring (bicyclic) bond motifs is 1. The van der Waals surface area contributed by atoms with Crippen LogP contribution in [0.4, 0.5) is 0 Å². The first-order valence-electron chi connectivity index (χ1n) is 7.84. The number of aromatic amines is 1. The first-order chi connectivity index (χ1) is 10.8. The van der Waals surface area contributed by atoms with Gasteiger partial charge in [-0.2, -0.15) is 0 Å². The number of aryl methyl sites for hydroxylation is 3. The predicted octanol–water partition coefficient (Wildman–Crippen LogP) is 2.27. The summed E-state index contributed by atoms with van der Waals surface area (Å²) in [7, 11) is 0. The summed E-state index contributed by atoms with van der Waals surface area (Å²) < 4.78 is 5.65. The molecule has 0 spiro atoms. The number of benzene rings is 1. The molecule has 116 valence electrons. The van der Waals surface area contributed by atoms with Gasteiger partial charge in [-0.15, -0.1) is 0 Å². The number of aromatic nitrogens is 2. The molecule has 0 atom stereocenters. The van der Waals surface area contributed by atoms with E-state index in [9.17, 15) is 4.79 Å². The van der Waals surface area contributed by atoms with E-state index in [-0.39, 0.29) is 5.91 Å². The third-order valence-corrected chi connectivity index (χ3v) is 3.84. The number of nitrogens with zero attached hydrogens (tertiary/aromatic N) is 1. The zero-order valence-electron chi connectivity index (χ0n) is 12.8. The highest BCUT2D eigenvalue weighted by atomic mass is 16.5. The van der Waals surface area contributed by atoms with E-state index in [4.69, 9.17) is 4.74 Å². The molecule has 0 saturated carbocycles. The minimum absolute atomic E-state index is 0.0651. The monoisotopic (exact) mass is 299 g/mol. The van der Waals surface area contributed by atoms with Crippen LogP contribution in [0.2, 0.25) is 0 Å². The Morgan fingerprint density at radius 1 is 1.27 bits per heavy atom. The van der Waals surface area contributed by atoms with Gasteiger partial charge >= 0.3 is 0 Å². The quantitative estimate of drug-likeness (QED) is 0.890. The van der Waals surface area contributed by atoms with Crippen LogP contribution in [0.25, 0.3) is 0 Å². The number of carbonyl (C=O) groups excluding carboxylic acids is 1. The lowest BCUT2D eigenvalue weighted by atomic mass is 10.1. The largest absolute Gasteiger partial charge is 0.494 e. The second-order valence-electron chi connectivity index (χ2n) is 5.41. The topological polar surface area (TPSA) is 67.0 Å². The standard InChI is InChI=1S/C17H21N3O2/c1-2-22-14-8-4-3-6-12(14)9-10-15-19-13-7-5-11-18-17(21)16(13)20-15/h3-4,6,8H,2,5,7,9-11H2,1H3,(H,18,21)(H,19,20). The number of nitrogens with one attached hydrogen (secondary N) is 2. The van der Waals surface area contributed by atoms with E-state index in [0.717, 1.165) is 49.5 Å². The van der Waals surface area contributed by atoms with Crippen LogP contribution in [0.15, 0.2) is 24.3 Å². The molecule has 0 saturated heterocycles. The van der Waals surface area contributed by atoms with Crippen LogP contribution >= 0.6 is 0 Å². The van der Waals surface area contributed by atoms with Gasteiger partial charge in [0.05, 0.1) is 6.61 Å². The fraction of sp³-hybridized carbons (Fsp3) is 0.412. The lowest BCUT2D eigenvalue weighted by Crippen LogP contribution is -2.23. The highest BCUT2D eigenvalue weighted by Crippen LogP contribution is 2.20. The van der Waals surface area contributed by atoms with Crippen LogP contribution < -0.4 is 10.1 Å². The van der Waals surface area contributed by atoms with Gasteiger partial charge in [-0.1, -0.05) is 18.2 Å². The molecule has 1 aromatic heterocycles. The van der Waals surface area contributed by atoms with Gasteiger partial charge in [0, 0.05) is 18.7 Å². The van der Waals surface area contributed by atoms with Gasteiger partial charge in [-0.3, -0.25) is 4.79 Å². The Labute approximate surface area is 130 Å². The van der Waals surface area contributed by atoms with Crippen LogP contribution in [0.1, 0.15) is 40.9 Å². The summed E-state index contributed by atoms with van der Waals surface area (Å²) in [6.45, 7) is 3.37. The van der Waals surface area contributed by atoms with Gasteiger partial charge in [0.15, 0.2) is 0 Å². The van der Waals surface area contributed by atoms with Crippen LogP contribution in [-0.4, -0.2) is 29.0 Å². The summed E-state index contributed by atoms with van der Waals surface area (Å²) in [5, 5.41) is 2.87. The summed E-state index contributed by atoms with van der Waals surface area (Å²) in [5.41, 5.74) is 2.69. The molecule has 1 amide bonds. The van der Waals surface area contributed by atoms with Gasteiger partial charge in [0.1, 0.15) is 17.3 Å². The van der Waals surface area contributed by atoms with Crippen molar-refractivity contribution < 1.29 is 9.53 Å². The van der Waals surface area contributed by atoms with Crippen LogP contribution in [-0.2, 0) is 19.3 Å². The van der Waals surface area contributed by atoms with Crippen molar-refractivity contribution in [3.05, 3.63) is 47.0 Å². The van der Waals surface area contributed by atoms with Crippen LogP contribution in [0.3, 0.4) is 0 Å². The van der Waals surface area contributed by atoms with Crippen molar-refractivity contribution in [3.8, 4) is 5.75 Å². The van der Waals surface area contributed by atoms with E-state index in [0.29, 0.717) is 12.3 Å². The fourth-order valence-electron chi connectivity index (χ4n) is 2.76. The second kappa shape index (κ2) is 6.64. The summed E-state index contributed by atoms with van der Waals surface area (Å²) >= 11 is 0. The van der Waals surface area contributed by atoms with E-state index in [2.05, 4.69) is 21.4 Å². The molecule has 0 radical (unpaired) electrons. The third-order valence-electron chi connectivity index (χ3n) is 3.84. The van der Waals surface area contributed by atoms with Gasteiger partial charge < -0.3 is 15.0 Å². The van der Waals surface area contributed by atoms with Crippen molar-refractivity contribution in [1.82, 2.24) is 15.3 Å². The average Bonchev–Trinajstić information content (AvgIpc) is 2.86. The summed E-state index contributed by atoms with van der Waals surface area (Å²) in [6.07, 6.45) is 3.43. The predicted molar refractivity (Wildman–Crippen MR) is 84.3 cm³/mol. The number of amides is 1. The molecule has 0 aliphatic carbocycles. The molecule has 0 fully saturated rings. The SMILES string of the molecule is CCOc1ccccc1CCc1nc2c([nH]1)CCCNC2=O. The van der Waals surface area contributed by atoms with Crippen molar-refractivity contribution in [2.45, 2.75) is 32.6 Å². The highest BCUT2D eigenvalue weighted by Gasteiger charge is 2.19. The van der Waals surface area contributed by atoms with Gasteiger partial charge in [-0.25, -0.2) is 4.98 Å². The van der Waals surface area contributed by atoms with Crippen molar-refractivity contribution >= 4 is 5.91 Å². The minimum atomic E-state index is -0.0651. The second-order valence-corrected chi connectivity index (χ2v) is 5.41. The molecule has 5 heteroatoms. The maximum absolute atomic E-state index is 11.9. The number of carbonyl (C=O) groups is 1. The molecular formula is C17H21N3O2. The molecule has 0 bridgehead atoms. The van der Waals surface area contributed by atoms with E-state index < -0.39 is 0 Å².